The molecule has 2 aliphatic rings. The van der Waals surface area contributed by atoms with Gasteiger partial charge in [0.15, 0.2) is 0 Å². The van der Waals surface area contributed by atoms with Gasteiger partial charge in [0, 0.05) is 9.52 Å². The molecule has 19 heavy (non-hydrogen) atoms. The molecule has 0 spiro atoms. The quantitative estimate of drug-likeness (QED) is 0.479. The molecule has 0 aromatic carbocycles. The molecular weight excluding hydrogens is 244 g/mol. The van der Waals surface area contributed by atoms with Crippen molar-refractivity contribution in [2.75, 3.05) is 0 Å². The predicted molar refractivity (Wildman–Crippen MR) is 89.5 cm³/mol. The summed E-state index contributed by atoms with van der Waals surface area (Å²) in [4.78, 5) is 0. The molecule has 0 aromatic heterocycles. The van der Waals surface area contributed by atoms with Crippen molar-refractivity contribution in [3.8, 4) is 0 Å². The van der Waals surface area contributed by atoms with Gasteiger partial charge in [-0.25, -0.2) is 0 Å². The van der Waals surface area contributed by atoms with Crippen LogP contribution in [0.2, 0.25) is 12.6 Å². The Bertz CT molecular complexity index is 255. The van der Waals surface area contributed by atoms with E-state index in [1.54, 1.807) is 31.7 Å². The second-order valence-electron chi connectivity index (χ2n) is 7.08. The van der Waals surface area contributed by atoms with Crippen LogP contribution < -0.4 is 0 Å². The van der Waals surface area contributed by atoms with Crippen LogP contribution >= 0.6 is 0 Å². The fourth-order valence-electron chi connectivity index (χ4n) is 4.49. The lowest BCUT2D eigenvalue weighted by molar-refractivity contribution is 0.160. The molecule has 0 bridgehead atoms. The maximum absolute atomic E-state index is 2.50. The number of hydrogen-bond donors (Lipinski definition) is 0. The Morgan fingerprint density at radius 3 is 2.00 bits per heavy atom. The maximum Gasteiger partial charge on any atom is 0.0169 e. The Balaban J connectivity index is 1.69. The minimum absolute atomic E-state index is 0.306. The molecule has 110 valence electrons. The Morgan fingerprint density at radius 2 is 1.47 bits per heavy atom. The summed E-state index contributed by atoms with van der Waals surface area (Å²) in [6.07, 6.45) is 18.4. The lowest BCUT2D eigenvalue weighted by atomic mass is 9.69. The van der Waals surface area contributed by atoms with E-state index in [1.807, 2.05) is 0 Å². The zero-order valence-corrected chi connectivity index (χ0v) is 14.7. The minimum atomic E-state index is 0.306. The van der Waals surface area contributed by atoms with Gasteiger partial charge in [0.05, 0.1) is 0 Å². The molecule has 0 unspecified atom stereocenters. The molecule has 2 saturated carbocycles. The van der Waals surface area contributed by atoms with Crippen molar-refractivity contribution in [1.29, 1.82) is 0 Å². The van der Waals surface area contributed by atoms with E-state index < -0.39 is 0 Å². The molecule has 0 atom stereocenters. The van der Waals surface area contributed by atoms with Gasteiger partial charge in [-0.15, -0.1) is 0 Å². The van der Waals surface area contributed by atoms with Gasteiger partial charge in [-0.05, 0) is 68.6 Å². The molecular formula is C18H34Si. The standard InChI is InChI=1S/C18H34Si/c1-3-4-5-15-6-10-17(11-7-15)18-12-8-16(9-13-18)14-19-2/h4-5,15-18H,3,6-14,19H2,1-2H3. The highest BCUT2D eigenvalue weighted by Gasteiger charge is 2.29. The summed E-state index contributed by atoms with van der Waals surface area (Å²) in [5, 5.41) is 0. The van der Waals surface area contributed by atoms with Gasteiger partial charge < -0.3 is 0 Å². The third-order valence-electron chi connectivity index (χ3n) is 5.72. The van der Waals surface area contributed by atoms with E-state index in [0.717, 1.165) is 23.7 Å². The van der Waals surface area contributed by atoms with Crippen LogP contribution in [-0.2, 0) is 0 Å². The first-order chi connectivity index (χ1) is 9.33. The maximum atomic E-state index is 2.50. The van der Waals surface area contributed by atoms with Crippen LogP contribution in [0.3, 0.4) is 0 Å². The van der Waals surface area contributed by atoms with Crippen molar-refractivity contribution in [3.05, 3.63) is 12.2 Å². The van der Waals surface area contributed by atoms with E-state index in [9.17, 15) is 0 Å². The summed E-state index contributed by atoms with van der Waals surface area (Å²) in [5.41, 5.74) is 0. The first-order valence-corrected chi connectivity index (χ1v) is 11.4. The fourth-order valence-corrected chi connectivity index (χ4v) is 5.89. The molecule has 0 saturated heterocycles. The van der Waals surface area contributed by atoms with E-state index in [4.69, 9.17) is 0 Å². The highest BCUT2D eigenvalue weighted by atomic mass is 28.2. The summed E-state index contributed by atoms with van der Waals surface area (Å²) in [6, 6.07) is 1.63. The number of allylic oxidation sites excluding steroid dienone is 2. The topological polar surface area (TPSA) is 0 Å². The fraction of sp³-hybridized carbons (Fsp3) is 0.889. The smallest absolute Gasteiger partial charge is 0.0169 e. The van der Waals surface area contributed by atoms with Crippen LogP contribution in [0, 0.1) is 23.7 Å². The molecule has 1 heteroatoms. The van der Waals surface area contributed by atoms with Gasteiger partial charge >= 0.3 is 0 Å². The largest absolute Gasteiger partial charge is 0.0885 e. The molecule has 0 aromatic rings. The van der Waals surface area contributed by atoms with Gasteiger partial charge in [0.1, 0.15) is 0 Å². The SMILES string of the molecule is CCC=CC1CCC(C2CCC(C[SiH2]C)CC2)CC1. The van der Waals surface area contributed by atoms with Crippen LogP contribution in [-0.4, -0.2) is 9.52 Å². The number of rotatable bonds is 5. The van der Waals surface area contributed by atoms with Crippen molar-refractivity contribution >= 4 is 9.52 Å². The average molecular weight is 279 g/mol. The molecule has 0 N–H and O–H groups in total. The Labute approximate surface area is 123 Å². The van der Waals surface area contributed by atoms with E-state index in [-0.39, 0.29) is 0 Å². The third-order valence-corrected chi connectivity index (χ3v) is 7.11. The van der Waals surface area contributed by atoms with E-state index >= 15 is 0 Å². The van der Waals surface area contributed by atoms with Crippen LogP contribution in [0.15, 0.2) is 12.2 Å². The van der Waals surface area contributed by atoms with Crippen molar-refractivity contribution in [3.63, 3.8) is 0 Å². The molecule has 0 amide bonds. The summed E-state index contributed by atoms with van der Waals surface area (Å²) in [5.74, 6) is 4.24. The Hall–Kier alpha value is -0.0431. The van der Waals surface area contributed by atoms with Gasteiger partial charge in [0.25, 0.3) is 0 Å². The van der Waals surface area contributed by atoms with Crippen LogP contribution in [0.5, 0.6) is 0 Å². The van der Waals surface area contributed by atoms with Crippen molar-refractivity contribution in [2.45, 2.75) is 77.3 Å². The van der Waals surface area contributed by atoms with Gasteiger partial charge in [-0.2, -0.15) is 0 Å². The highest BCUT2D eigenvalue weighted by Crippen LogP contribution is 2.42. The van der Waals surface area contributed by atoms with E-state index in [2.05, 4.69) is 25.6 Å². The second-order valence-corrected chi connectivity index (χ2v) is 8.66. The van der Waals surface area contributed by atoms with Gasteiger partial charge in [-0.3, -0.25) is 0 Å². The molecule has 0 heterocycles. The second kappa shape index (κ2) is 8.29. The first-order valence-electron chi connectivity index (χ1n) is 9.00. The van der Waals surface area contributed by atoms with Crippen LogP contribution in [0.1, 0.15) is 64.7 Å². The molecule has 0 aliphatic heterocycles. The summed E-state index contributed by atoms with van der Waals surface area (Å²) >= 11 is 0. The normalized spacial score (nSPS) is 37.4. The zero-order valence-electron chi connectivity index (χ0n) is 13.2. The third kappa shape index (κ3) is 4.77. The molecule has 0 radical (unpaired) electrons. The minimum Gasteiger partial charge on any atom is -0.0885 e. The van der Waals surface area contributed by atoms with Crippen molar-refractivity contribution in [1.82, 2.24) is 0 Å². The van der Waals surface area contributed by atoms with E-state index in [0.29, 0.717) is 9.52 Å². The van der Waals surface area contributed by atoms with Crippen LogP contribution in [0.25, 0.3) is 0 Å². The molecule has 2 fully saturated rings. The van der Waals surface area contributed by atoms with Gasteiger partial charge in [0.2, 0.25) is 0 Å². The number of hydrogen-bond acceptors (Lipinski definition) is 0. The van der Waals surface area contributed by atoms with E-state index in [1.165, 1.54) is 32.1 Å². The average Bonchev–Trinajstić information content (AvgIpc) is 2.47. The summed E-state index contributed by atoms with van der Waals surface area (Å²) in [7, 11) is 0.306. The molecule has 2 rings (SSSR count). The summed E-state index contributed by atoms with van der Waals surface area (Å²) < 4.78 is 0. The van der Waals surface area contributed by atoms with Crippen LogP contribution in [0.4, 0.5) is 0 Å². The van der Waals surface area contributed by atoms with Crippen molar-refractivity contribution < 1.29 is 0 Å². The molecule has 2 aliphatic carbocycles. The monoisotopic (exact) mass is 278 g/mol. The summed E-state index contributed by atoms with van der Waals surface area (Å²) in [6.45, 7) is 4.73. The first kappa shape index (κ1) is 15.3. The van der Waals surface area contributed by atoms with Crippen molar-refractivity contribution in [2.24, 2.45) is 23.7 Å². The Morgan fingerprint density at radius 1 is 0.895 bits per heavy atom. The Kier molecular flexibility index (Phi) is 6.70. The molecule has 0 nitrogen and oxygen atoms in total. The highest BCUT2D eigenvalue weighted by molar-refractivity contribution is 6.33. The lowest BCUT2D eigenvalue weighted by Crippen LogP contribution is -2.25. The lowest BCUT2D eigenvalue weighted by Gasteiger charge is -2.37. The predicted octanol–water partition coefficient (Wildman–Crippen LogP) is 5.20. The zero-order chi connectivity index (χ0) is 13.5. The van der Waals surface area contributed by atoms with Gasteiger partial charge in [-0.1, -0.05) is 44.5 Å².